The standard InChI is InChI=1S/C15H27NO2.C2H6/c1-4-8-13(9-5-2)15(12(3)17)16-11-7-6-10-14(16)18;1-2/h13,15H,4-11H2,1-3H3;1-2H3/t15-;/m0./s1. The predicted molar refractivity (Wildman–Crippen MR) is 84.7 cm³/mol. The van der Waals surface area contributed by atoms with Crippen LogP contribution in [0.15, 0.2) is 0 Å². The summed E-state index contributed by atoms with van der Waals surface area (Å²) in [5, 5.41) is 0. The van der Waals surface area contributed by atoms with Crippen molar-refractivity contribution < 1.29 is 9.59 Å². The number of piperidine rings is 1. The van der Waals surface area contributed by atoms with E-state index in [9.17, 15) is 9.59 Å². The summed E-state index contributed by atoms with van der Waals surface area (Å²) < 4.78 is 0. The summed E-state index contributed by atoms with van der Waals surface area (Å²) in [6.07, 6.45) is 6.89. The zero-order chi connectivity index (χ0) is 15.5. The Bertz CT molecular complexity index is 283. The first-order chi connectivity index (χ1) is 9.61. The van der Waals surface area contributed by atoms with Crippen LogP contribution in [0.1, 0.15) is 79.6 Å². The van der Waals surface area contributed by atoms with E-state index in [4.69, 9.17) is 0 Å². The Morgan fingerprint density at radius 3 is 2.10 bits per heavy atom. The smallest absolute Gasteiger partial charge is 0.223 e. The van der Waals surface area contributed by atoms with Gasteiger partial charge in [-0.1, -0.05) is 40.5 Å². The number of nitrogens with zero attached hydrogens (tertiary/aromatic N) is 1. The fraction of sp³-hybridized carbons (Fsp3) is 0.882. The van der Waals surface area contributed by atoms with Gasteiger partial charge in [0.25, 0.3) is 0 Å². The SMILES string of the molecule is CC.CCCC(CCC)[C@H](C(C)=O)N1CCCCC1=O. The molecule has 0 unspecified atom stereocenters. The molecule has 0 spiro atoms. The van der Waals surface area contributed by atoms with Gasteiger partial charge in [-0.25, -0.2) is 0 Å². The van der Waals surface area contributed by atoms with E-state index < -0.39 is 0 Å². The molecule has 1 amide bonds. The van der Waals surface area contributed by atoms with Gasteiger partial charge in [-0.2, -0.15) is 0 Å². The van der Waals surface area contributed by atoms with E-state index in [0.717, 1.165) is 45.1 Å². The molecule has 0 N–H and O–H groups in total. The second-order valence-electron chi connectivity index (χ2n) is 5.44. The zero-order valence-corrected chi connectivity index (χ0v) is 14.1. The largest absolute Gasteiger partial charge is 0.332 e. The lowest BCUT2D eigenvalue weighted by Gasteiger charge is -2.38. The molecule has 0 aromatic carbocycles. The summed E-state index contributed by atoms with van der Waals surface area (Å²) in [6, 6.07) is -0.169. The Balaban J connectivity index is 0.00000172. The molecule has 1 atom stereocenters. The number of ketones is 1. The fourth-order valence-corrected chi connectivity index (χ4v) is 3.13. The third kappa shape index (κ3) is 5.64. The summed E-state index contributed by atoms with van der Waals surface area (Å²) in [6.45, 7) is 10.7. The lowest BCUT2D eigenvalue weighted by atomic mass is 9.86. The van der Waals surface area contributed by atoms with E-state index in [1.54, 1.807) is 6.92 Å². The Morgan fingerprint density at radius 2 is 1.70 bits per heavy atom. The van der Waals surface area contributed by atoms with E-state index >= 15 is 0 Å². The average Bonchev–Trinajstić information content (AvgIpc) is 2.43. The average molecular weight is 283 g/mol. The molecule has 1 aliphatic heterocycles. The molecule has 118 valence electrons. The number of hydrogen-bond acceptors (Lipinski definition) is 2. The third-order valence-electron chi connectivity index (χ3n) is 3.88. The van der Waals surface area contributed by atoms with Crippen molar-refractivity contribution in [3.05, 3.63) is 0 Å². The van der Waals surface area contributed by atoms with Crippen LogP contribution in [0.4, 0.5) is 0 Å². The molecular formula is C17H33NO2. The summed E-state index contributed by atoms with van der Waals surface area (Å²) in [5.74, 6) is 0.690. The molecule has 1 saturated heterocycles. The molecule has 1 aliphatic rings. The maximum Gasteiger partial charge on any atom is 0.223 e. The molecule has 3 nitrogen and oxygen atoms in total. The van der Waals surface area contributed by atoms with Gasteiger partial charge in [-0.15, -0.1) is 0 Å². The number of Topliss-reactive ketones (excluding diaryl/α,β-unsaturated/α-hetero) is 1. The predicted octanol–water partition coefficient (Wildman–Crippen LogP) is 4.20. The normalized spacial score (nSPS) is 16.7. The van der Waals surface area contributed by atoms with Gasteiger partial charge in [0, 0.05) is 13.0 Å². The second-order valence-corrected chi connectivity index (χ2v) is 5.44. The highest BCUT2D eigenvalue weighted by Crippen LogP contribution is 2.26. The first-order valence-corrected chi connectivity index (χ1v) is 8.41. The fourth-order valence-electron chi connectivity index (χ4n) is 3.13. The molecule has 0 radical (unpaired) electrons. The van der Waals surface area contributed by atoms with Crippen LogP contribution in [0.2, 0.25) is 0 Å². The van der Waals surface area contributed by atoms with Crippen LogP contribution in [0, 0.1) is 5.92 Å². The molecule has 0 aromatic heterocycles. The van der Waals surface area contributed by atoms with Crippen LogP contribution in [0.25, 0.3) is 0 Å². The molecule has 0 bridgehead atoms. The number of amides is 1. The molecule has 1 heterocycles. The highest BCUT2D eigenvalue weighted by atomic mass is 16.2. The van der Waals surface area contributed by atoms with Gasteiger partial charge in [0.05, 0.1) is 6.04 Å². The quantitative estimate of drug-likeness (QED) is 0.702. The number of carbonyl (C=O) groups excluding carboxylic acids is 2. The van der Waals surface area contributed by atoms with Gasteiger partial charge >= 0.3 is 0 Å². The summed E-state index contributed by atoms with van der Waals surface area (Å²) in [7, 11) is 0. The van der Waals surface area contributed by atoms with Gasteiger partial charge in [0.1, 0.15) is 0 Å². The molecule has 1 fully saturated rings. The Hall–Kier alpha value is -0.860. The molecule has 1 rings (SSSR count). The van der Waals surface area contributed by atoms with Crippen LogP contribution in [0.3, 0.4) is 0 Å². The van der Waals surface area contributed by atoms with Crippen LogP contribution in [0.5, 0.6) is 0 Å². The van der Waals surface area contributed by atoms with Crippen molar-refractivity contribution in [3.8, 4) is 0 Å². The van der Waals surface area contributed by atoms with Crippen LogP contribution >= 0.6 is 0 Å². The third-order valence-corrected chi connectivity index (χ3v) is 3.88. The van der Waals surface area contributed by atoms with Crippen LogP contribution in [-0.4, -0.2) is 29.2 Å². The minimum atomic E-state index is -0.169. The summed E-state index contributed by atoms with van der Waals surface area (Å²) in [5.41, 5.74) is 0. The van der Waals surface area contributed by atoms with Crippen LogP contribution in [-0.2, 0) is 9.59 Å². The highest BCUT2D eigenvalue weighted by molar-refractivity contribution is 5.88. The molecule has 0 aliphatic carbocycles. The lowest BCUT2D eigenvalue weighted by Crippen LogP contribution is -2.50. The maximum atomic E-state index is 12.0. The van der Waals surface area contributed by atoms with Crippen molar-refractivity contribution >= 4 is 11.7 Å². The van der Waals surface area contributed by atoms with E-state index in [1.807, 2.05) is 18.7 Å². The number of likely N-dealkylation sites (tertiary alicyclic amines) is 1. The van der Waals surface area contributed by atoms with Crippen molar-refractivity contribution in [2.45, 2.75) is 85.6 Å². The molecule has 3 heteroatoms. The Morgan fingerprint density at radius 1 is 1.15 bits per heavy atom. The number of carbonyl (C=O) groups is 2. The number of hydrogen-bond donors (Lipinski definition) is 0. The maximum absolute atomic E-state index is 12.0. The minimum absolute atomic E-state index is 0.164. The zero-order valence-electron chi connectivity index (χ0n) is 14.1. The van der Waals surface area contributed by atoms with Crippen molar-refractivity contribution in [2.24, 2.45) is 5.92 Å². The van der Waals surface area contributed by atoms with Crippen molar-refractivity contribution in [1.29, 1.82) is 0 Å². The topological polar surface area (TPSA) is 37.4 Å². The molecular weight excluding hydrogens is 250 g/mol. The van der Waals surface area contributed by atoms with E-state index in [0.29, 0.717) is 12.3 Å². The summed E-state index contributed by atoms with van der Waals surface area (Å²) >= 11 is 0. The van der Waals surface area contributed by atoms with Gasteiger partial charge in [-0.3, -0.25) is 9.59 Å². The van der Waals surface area contributed by atoms with Crippen molar-refractivity contribution in [2.75, 3.05) is 6.54 Å². The Labute approximate surface area is 125 Å². The second kappa shape index (κ2) is 10.9. The highest BCUT2D eigenvalue weighted by Gasteiger charge is 2.34. The monoisotopic (exact) mass is 283 g/mol. The molecule has 0 saturated carbocycles. The molecule has 20 heavy (non-hydrogen) atoms. The van der Waals surface area contributed by atoms with Gasteiger partial charge < -0.3 is 4.90 Å². The lowest BCUT2D eigenvalue weighted by molar-refractivity contribution is -0.143. The minimum Gasteiger partial charge on any atom is -0.332 e. The number of rotatable bonds is 7. The van der Waals surface area contributed by atoms with E-state index in [-0.39, 0.29) is 17.7 Å². The first kappa shape index (κ1) is 19.1. The van der Waals surface area contributed by atoms with Gasteiger partial charge in [0.2, 0.25) is 5.91 Å². The molecule has 0 aromatic rings. The van der Waals surface area contributed by atoms with E-state index in [2.05, 4.69) is 13.8 Å². The summed E-state index contributed by atoms with van der Waals surface area (Å²) in [4.78, 5) is 25.9. The van der Waals surface area contributed by atoms with Gasteiger partial charge in [0.15, 0.2) is 5.78 Å². The van der Waals surface area contributed by atoms with Crippen LogP contribution < -0.4 is 0 Å². The first-order valence-electron chi connectivity index (χ1n) is 8.41. The van der Waals surface area contributed by atoms with E-state index in [1.165, 1.54) is 0 Å². The van der Waals surface area contributed by atoms with Crippen molar-refractivity contribution in [1.82, 2.24) is 4.90 Å². The van der Waals surface area contributed by atoms with Gasteiger partial charge in [-0.05, 0) is 38.5 Å². The van der Waals surface area contributed by atoms with Crippen molar-refractivity contribution in [3.63, 3.8) is 0 Å². The Kier molecular flexibility index (Phi) is 10.4.